The van der Waals surface area contributed by atoms with Crippen molar-refractivity contribution >= 4 is 6.03 Å². The van der Waals surface area contributed by atoms with Gasteiger partial charge in [0.25, 0.3) is 0 Å². The first kappa shape index (κ1) is 11.3. The van der Waals surface area contributed by atoms with Crippen molar-refractivity contribution < 1.29 is 9.90 Å². The normalized spacial score (nSPS) is 27.1. The van der Waals surface area contributed by atoms with Crippen molar-refractivity contribution in [2.45, 2.75) is 31.9 Å². The van der Waals surface area contributed by atoms with Crippen LogP contribution in [0.5, 0.6) is 0 Å². The first-order valence-corrected chi connectivity index (χ1v) is 4.95. The van der Waals surface area contributed by atoms with Crippen LogP contribution in [-0.2, 0) is 0 Å². The van der Waals surface area contributed by atoms with Crippen molar-refractivity contribution in [3.63, 3.8) is 0 Å². The van der Waals surface area contributed by atoms with Crippen molar-refractivity contribution in [2.24, 2.45) is 5.73 Å². The van der Waals surface area contributed by atoms with Crippen LogP contribution in [0.2, 0.25) is 0 Å². The summed E-state index contributed by atoms with van der Waals surface area (Å²) in [6.07, 6.45) is 0.564. The molecule has 1 heterocycles. The molecule has 0 aromatic carbocycles. The highest BCUT2D eigenvalue weighted by Crippen LogP contribution is 2.19. The summed E-state index contributed by atoms with van der Waals surface area (Å²) >= 11 is 0. The van der Waals surface area contributed by atoms with Gasteiger partial charge in [-0.1, -0.05) is 0 Å². The molecule has 5 nitrogen and oxygen atoms in total. The number of carbonyl (C=O) groups excluding carboxylic acids is 1. The summed E-state index contributed by atoms with van der Waals surface area (Å²) < 4.78 is 0. The van der Waals surface area contributed by atoms with Crippen LogP contribution in [0.4, 0.5) is 4.79 Å². The van der Waals surface area contributed by atoms with Gasteiger partial charge >= 0.3 is 6.03 Å². The van der Waals surface area contributed by atoms with Gasteiger partial charge in [0.2, 0.25) is 0 Å². The molecule has 0 radical (unpaired) electrons. The molecule has 82 valence electrons. The molecule has 1 unspecified atom stereocenters. The zero-order chi connectivity index (χ0) is 10.8. The Morgan fingerprint density at radius 1 is 1.71 bits per heavy atom. The summed E-state index contributed by atoms with van der Waals surface area (Å²) in [5.74, 6) is 0. The highest BCUT2D eigenvalue weighted by Gasteiger charge is 2.36. The number of urea groups is 1. The van der Waals surface area contributed by atoms with Crippen LogP contribution in [0.25, 0.3) is 0 Å². The molecule has 0 aromatic rings. The minimum Gasteiger partial charge on any atom is -0.387 e. The fraction of sp³-hybridized carbons (Fsp3) is 0.889. The van der Waals surface area contributed by atoms with Gasteiger partial charge in [-0.15, -0.1) is 0 Å². The summed E-state index contributed by atoms with van der Waals surface area (Å²) in [6.45, 7) is 4.93. The van der Waals surface area contributed by atoms with Gasteiger partial charge in [0.1, 0.15) is 0 Å². The highest BCUT2D eigenvalue weighted by atomic mass is 16.3. The second-order valence-electron chi connectivity index (χ2n) is 4.20. The average Bonchev–Trinajstić information content (AvgIpc) is 2.48. The van der Waals surface area contributed by atoms with Crippen LogP contribution in [0.15, 0.2) is 0 Å². The Bertz CT molecular complexity index is 220. The molecule has 2 amide bonds. The van der Waals surface area contributed by atoms with Gasteiger partial charge in [-0.25, -0.2) is 4.79 Å². The van der Waals surface area contributed by atoms with Crippen LogP contribution in [0.1, 0.15) is 20.3 Å². The Morgan fingerprint density at radius 2 is 2.36 bits per heavy atom. The SMILES string of the molecule is CC(C)NC(=O)N1CCC(O)(CN)C1. The fourth-order valence-electron chi connectivity index (χ4n) is 1.53. The van der Waals surface area contributed by atoms with Gasteiger partial charge < -0.3 is 21.1 Å². The van der Waals surface area contributed by atoms with Crippen molar-refractivity contribution in [1.29, 1.82) is 0 Å². The number of likely N-dealkylation sites (tertiary alicyclic amines) is 1. The Morgan fingerprint density at radius 3 is 2.79 bits per heavy atom. The number of amides is 2. The molecule has 4 N–H and O–H groups in total. The van der Waals surface area contributed by atoms with E-state index in [2.05, 4.69) is 5.32 Å². The van der Waals surface area contributed by atoms with Gasteiger partial charge in [0.15, 0.2) is 0 Å². The van der Waals surface area contributed by atoms with E-state index in [1.807, 2.05) is 13.8 Å². The third kappa shape index (κ3) is 2.59. The molecule has 5 heteroatoms. The first-order valence-electron chi connectivity index (χ1n) is 4.95. The lowest BCUT2D eigenvalue weighted by atomic mass is 10.0. The van der Waals surface area contributed by atoms with E-state index in [4.69, 9.17) is 5.73 Å². The summed E-state index contributed by atoms with van der Waals surface area (Å²) in [5, 5.41) is 12.6. The minimum atomic E-state index is -0.881. The molecular formula is C9H19N3O2. The molecule has 1 fully saturated rings. The third-order valence-electron chi connectivity index (χ3n) is 2.41. The molecule has 0 bridgehead atoms. The van der Waals surface area contributed by atoms with Crippen molar-refractivity contribution in [3.8, 4) is 0 Å². The number of nitrogens with zero attached hydrogens (tertiary/aromatic N) is 1. The van der Waals surface area contributed by atoms with Crippen LogP contribution in [-0.4, -0.2) is 47.3 Å². The molecule has 0 aromatic heterocycles. The molecule has 1 aliphatic rings. The quantitative estimate of drug-likeness (QED) is 0.563. The number of nitrogens with two attached hydrogens (primary N) is 1. The molecular weight excluding hydrogens is 182 g/mol. The molecule has 0 aliphatic carbocycles. The van der Waals surface area contributed by atoms with Gasteiger partial charge in [-0.05, 0) is 20.3 Å². The van der Waals surface area contributed by atoms with Gasteiger partial charge in [-0.2, -0.15) is 0 Å². The number of hydrogen-bond acceptors (Lipinski definition) is 3. The Labute approximate surface area is 84.3 Å². The Hall–Kier alpha value is -0.810. The maximum Gasteiger partial charge on any atom is 0.317 e. The van der Waals surface area contributed by atoms with Crippen molar-refractivity contribution in [3.05, 3.63) is 0 Å². The van der Waals surface area contributed by atoms with Crippen LogP contribution < -0.4 is 11.1 Å². The van der Waals surface area contributed by atoms with Gasteiger partial charge in [0, 0.05) is 19.1 Å². The van der Waals surface area contributed by atoms with Crippen LogP contribution >= 0.6 is 0 Å². The summed E-state index contributed by atoms with van der Waals surface area (Å²) in [7, 11) is 0. The predicted octanol–water partition coefficient (Wildman–Crippen LogP) is -0.500. The zero-order valence-corrected chi connectivity index (χ0v) is 8.79. The first-order chi connectivity index (χ1) is 6.47. The van der Waals surface area contributed by atoms with E-state index in [0.717, 1.165) is 0 Å². The molecule has 1 aliphatic heterocycles. The van der Waals surface area contributed by atoms with E-state index in [1.54, 1.807) is 4.90 Å². The monoisotopic (exact) mass is 201 g/mol. The number of rotatable bonds is 2. The largest absolute Gasteiger partial charge is 0.387 e. The minimum absolute atomic E-state index is 0.120. The lowest BCUT2D eigenvalue weighted by Gasteiger charge is -2.22. The maximum atomic E-state index is 11.5. The maximum absolute atomic E-state index is 11.5. The summed E-state index contributed by atoms with van der Waals surface area (Å²) in [4.78, 5) is 13.1. The number of hydrogen-bond donors (Lipinski definition) is 3. The van der Waals surface area contributed by atoms with E-state index in [9.17, 15) is 9.90 Å². The number of carbonyl (C=O) groups is 1. The Balaban J connectivity index is 2.46. The smallest absolute Gasteiger partial charge is 0.317 e. The summed E-state index contributed by atoms with van der Waals surface area (Å²) in [6, 6.07) is -0.00144. The molecule has 1 atom stereocenters. The molecule has 1 saturated heterocycles. The topological polar surface area (TPSA) is 78.6 Å². The van der Waals surface area contributed by atoms with Crippen molar-refractivity contribution in [2.75, 3.05) is 19.6 Å². The van der Waals surface area contributed by atoms with E-state index < -0.39 is 5.60 Å². The molecule has 0 saturated carbocycles. The van der Waals surface area contributed by atoms with Crippen LogP contribution in [0, 0.1) is 0 Å². The van der Waals surface area contributed by atoms with E-state index in [0.29, 0.717) is 19.5 Å². The Kier molecular flexibility index (Phi) is 3.34. The standard InChI is InChI=1S/C9H19N3O2/c1-7(2)11-8(13)12-4-3-9(14,5-10)6-12/h7,14H,3-6,10H2,1-2H3,(H,11,13). The van der Waals surface area contributed by atoms with Gasteiger partial charge in [0.05, 0.1) is 12.1 Å². The second-order valence-corrected chi connectivity index (χ2v) is 4.20. The van der Waals surface area contributed by atoms with E-state index in [-0.39, 0.29) is 18.6 Å². The fourth-order valence-corrected chi connectivity index (χ4v) is 1.53. The molecule has 14 heavy (non-hydrogen) atoms. The van der Waals surface area contributed by atoms with E-state index in [1.165, 1.54) is 0 Å². The number of nitrogens with one attached hydrogen (secondary N) is 1. The predicted molar refractivity (Wildman–Crippen MR) is 53.9 cm³/mol. The number of aliphatic hydroxyl groups is 1. The average molecular weight is 201 g/mol. The third-order valence-corrected chi connectivity index (χ3v) is 2.41. The van der Waals surface area contributed by atoms with Crippen molar-refractivity contribution in [1.82, 2.24) is 10.2 Å². The lowest BCUT2D eigenvalue weighted by molar-refractivity contribution is 0.0611. The van der Waals surface area contributed by atoms with Crippen LogP contribution in [0.3, 0.4) is 0 Å². The highest BCUT2D eigenvalue weighted by molar-refractivity contribution is 5.74. The lowest BCUT2D eigenvalue weighted by Crippen LogP contribution is -2.46. The summed E-state index contributed by atoms with van der Waals surface area (Å²) in [5.41, 5.74) is 4.54. The number of β-amino-alcohol motifs (C(OH)–C–C–N with tert-alkyl or cyclic N) is 1. The molecule has 1 rings (SSSR count). The zero-order valence-electron chi connectivity index (χ0n) is 8.79. The molecule has 0 spiro atoms. The van der Waals surface area contributed by atoms with Gasteiger partial charge in [-0.3, -0.25) is 0 Å². The second kappa shape index (κ2) is 4.14. The van der Waals surface area contributed by atoms with E-state index >= 15 is 0 Å².